The van der Waals surface area contributed by atoms with Crippen LogP contribution in [-0.4, -0.2) is 15.0 Å². The van der Waals surface area contributed by atoms with Crippen molar-refractivity contribution in [3.8, 4) is 33.6 Å². The molecule has 6 aromatic carbocycles. The van der Waals surface area contributed by atoms with Crippen molar-refractivity contribution in [2.75, 3.05) is 0 Å². The number of nitrogens with zero attached hydrogens (tertiary/aromatic N) is 3. The van der Waals surface area contributed by atoms with E-state index in [1.54, 1.807) is 0 Å². The molecule has 0 spiro atoms. The Hall–Kier alpha value is -5.93. The minimum atomic E-state index is 0.933. The van der Waals surface area contributed by atoms with Crippen molar-refractivity contribution in [2.24, 2.45) is 0 Å². The fraction of sp³-hybridized carbons (Fsp3) is 0. The third kappa shape index (κ3) is 3.94. The van der Waals surface area contributed by atoms with Crippen molar-refractivity contribution in [3.63, 3.8) is 0 Å². The molecule has 0 aliphatic carbocycles. The summed E-state index contributed by atoms with van der Waals surface area (Å²) >= 11 is 0. The molecule has 0 aliphatic heterocycles. The van der Waals surface area contributed by atoms with E-state index in [9.17, 15) is 0 Å². The average molecular weight is 560 g/mol. The van der Waals surface area contributed by atoms with E-state index in [4.69, 9.17) is 9.97 Å². The summed E-state index contributed by atoms with van der Waals surface area (Å²) in [4.78, 5) is 14.8. The summed E-state index contributed by atoms with van der Waals surface area (Å²) in [6, 6.07) is 51.4. The zero-order valence-corrected chi connectivity index (χ0v) is 23.8. The fourth-order valence-electron chi connectivity index (χ4n) is 6.48. The first-order chi connectivity index (χ1) is 21.8. The van der Waals surface area contributed by atoms with E-state index in [1.807, 2.05) is 12.3 Å². The van der Waals surface area contributed by atoms with Gasteiger partial charge >= 0.3 is 0 Å². The lowest BCUT2D eigenvalue weighted by Crippen LogP contribution is -1.91. The molecule has 44 heavy (non-hydrogen) atoms. The highest BCUT2D eigenvalue weighted by Gasteiger charge is 2.13. The standard InChI is InChI=1S/C41H25N3/c1-2-8-33-28(6-1)21-23-35-38(33)34-9-3-4-10-37(34)44-39(35)31-17-13-27(14-18-31)26-11-15-29(16-12-26)36-24-22-32-20-19-30-7-5-25-42-40(30)41(32)43-36/h1-25H. The highest BCUT2D eigenvalue weighted by atomic mass is 14.8. The average Bonchev–Trinajstić information content (AvgIpc) is 3.11. The van der Waals surface area contributed by atoms with Crippen LogP contribution in [0.3, 0.4) is 0 Å². The first-order valence-corrected chi connectivity index (χ1v) is 14.9. The molecule has 0 atom stereocenters. The van der Waals surface area contributed by atoms with Gasteiger partial charge in [0.2, 0.25) is 0 Å². The zero-order chi connectivity index (χ0) is 29.0. The highest BCUT2D eigenvalue weighted by molar-refractivity contribution is 6.22. The molecule has 9 aromatic rings. The molecule has 3 heterocycles. The Kier molecular flexibility index (Phi) is 5.50. The van der Waals surface area contributed by atoms with Crippen molar-refractivity contribution >= 4 is 54.3 Å². The number of hydrogen-bond acceptors (Lipinski definition) is 3. The molecule has 0 N–H and O–H groups in total. The molecule has 3 heteroatoms. The van der Waals surface area contributed by atoms with E-state index in [0.717, 1.165) is 61.0 Å². The van der Waals surface area contributed by atoms with E-state index < -0.39 is 0 Å². The van der Waals surface area contributed by atoms with Gasteiger partial charge < -0.3 is 0 Å². The second kappa shape index (κ2) is 9.82. The summed E-state index contributed by atoms with van der Waals surface area (Å²) in [5, 5.41) is 8.31. The van der Waals surface area contributed by atoms with Gasteiger partial charge in [0.15, 0.2) is 0 Å². The Morgan fingerprint density at radius 3 is 1.80 bits per heavy atom. The number of aromatic nitrogens is 3. The van der Waals surface area contributed by atoms with Crippen LogP contribution in [0.1, 0.15) is 0 Å². The molecule has 0 saturated heterocycles. The Bertz CT molecular complexity index is 2520. The molecular formula is C41H25N3. The van der Waals surface area contributed by atoms with Crippen molar-refractivity contribution in [3.05, 3.63) is 152 Å². The van der Waals surface area contributed by atoms with Crippen molar-refractivity contribution in [2.45, 2.75) is 0 Å². The summed E-state index contributed by atoms with van der Waals surface area (Å²) in [5.41, 5.74) is 9.35. The van der Waals surface area contributed by atoms with Crippen LogP contribution in [0.25, 0.3) is 87.9 Å². The van der Waals surface area contributed by atoms with E-state index in [-0.39, 0.29) is 0 Å². The Morgan fingerprint density at radius 2 is 0.977 bits per heavy atom. The van der Waals surface area contributed by atoms with E-state index >= 15 is 0 Å². The number of rotatable bonds is 3. The van der Waals surface area contributed by atoms with E-state index in [1.165, 1.54) is 26.9 Å². The van der Waals surface area contributed by atoms with Crippen LogP contribution in [0.5, 0.6) is 0 Å². The molecule has 0 amide bonds. The number of para-hydroxylation sites is 1. The van der Waals surface area contributed by atoms with Crippen molar-refractivity contribution in [1.29, 1.82) is 0 Å². The molecule has 0 fully saturated rings. The van der Waals surface area contributed by atoms with Gasteiger partial charge in [-0.1, -0.05) is 127 Å². The van der Waals surface area contributed by atoms with E-state index in [2.05, 4.69) is 145 Å². The van der Waals surface area contributed by atoms with Gasteiger partial charge in [0, 0.05) is 44.3 Å². The van der Waals surface area contributed by atoms with Gasteiger partial charge in [-0.05, 0) is 40.1 Å². The molecule has 0 aliphatic rings. The SMILES string of the molecule is c1ccc2c(c1)ccc1c(-c3ccc(-c4ccc(-c5ccc6ccc7cccnc7c6n5)cc4)cc3)nc3ccccc3c12. The maximum atomic E-state index is 5.16. The molecule has 3 nitrogen and oxygen atoms in total. The van der Waals surface area contributed by atoms with Crippen LogP contribution in [0.4, 0.5) is 0 Å². The lowest BCUT2D eigenvalue weighted by atomic mass is 9.94. The summed E-state index contributed by atoms with van der Waals surface area (Å²) < 4.78 is 0. The maximum absolute atomic E-state index is 5.16. The van der Waals surface area contributed by atoms with Crippen molar-refractivity contribution in [1.82, 2.24) is 15.0 Å². The number of benzene rings is 6. The molecule has 3 aromatic heterocycles. The minimum absolute atomic E-state index is 0.933. The molecule has 0 bridgehead atoms. The molecule has 0 saturated carbocycles. The Morgan fingerprint density at radius 1 is 0.364 bits per heavy atom. The predicted molar refractivity (Wildman–Crippen MR) is 184 cm³/mol. The molecule has 9 rings (SSSR count). The highest BCUT2D eigenvalue weighted by Crippen LogP contribution is 2.37. The van der Waals surface area contributed by atoms with Gasteiger partial charge in [-0.3, -0.25) is 4.98 Å². The first kappa shape index (κ1) is 24.6. The number of pyridine rings is 3. The minimum Gasteiger partial charge on any atom is -0.254 e. The van der Waals surface area contributed by atoms with Crippen LogP contribution in [0.2, 0.25) is 0 Å². The summed E-state index contributed by atoms with van der Waals surface area (Å²) in [6.07, 6.45) is 1.83. The molecular weight excluding hydrogens is 534 g/mol. The van der Waals surface area contributed by atoms with Gasteiger partial charge in [-0.15, -0.1) is 0 Å². The van der Waals surface area contributed by atoms with Crippen LogP contribution < -0.4 is 0 Å². The maximum Gasteiger partial charge on any atom is 0.0972 e. The summed E-state index contributed by atoms with van der Waals surface area (Å²) in [7, 11) is 0. The zero-order valence-electron chi connectivity index (χ0n) is 23.8. The lowest BCUT2D eigenvalue weighted by molar-refractivity contribution is 1.37. The van der Waals surface area contributed by atoms with Crippen LogP contribution in [0, 0.1) is 0 Å². The van der Waals surface area contributed by atoms with Crippen LogP contribution in [-0.2, 0) is 0 Å². The fourth-order valence-corrected chi connectivity index (χ4v) is 6.48. The lowest BCUT2D eigenvalue weighted by Gasteiger charge is -2.13. The quantitative estimate of drug-likeness (QED) is 0.202. The van der Waals surface area contributed by atoms with Gasteiger partial charge in [0.05, 0.1) is 27.9 Å². The Balaban J connectivity index is 1.09. The Labute approximate surface area is 254 Å². The van der Waals surface area contributed by atoms with Gasteiger partial charge in [-0.2, -0.15) is 0 Å². The smallest absolute Gasteiger partial charge is 0.0972 e. The monoisotopic (exact) mass is 559 g/mol. The second-order valence-electron chi connectivity index (χ2n) is 11.3. The van der Waals surface area contributed by atoms with Crippen LogP contribution in [0.15, 0.2) is 152 Å². The van der Waals surface area contributed by atoms with Gasteiger partial charge in [0.25, 0.3) is 0 Å². The number of fused-ring (bicyclic) bond motifs is 8. The summed E-state index contributed by atoms with van der Waals surface area (Å²) in [5.74, 6) is 0. The first-order valence-electron chi connectivity index (χ1n) is 14.9. The molecule has 0 radical (unpaired) electrons. The normalized spacial score (nSPS) is 11.6. The second-order valence-corrected chi connectivity index (χ2v) is 11.3. The van der Waals surface area contributed by atoms with Crippen molar-refractivity contribution < 1.29 is 0 Å². The molecule has 0 unspecified atom stereocenters. The number of hydrogen-bond donors (Lipinski definition) is 0. The topological polar surface area (TPSA) is 38.7 Å². The third-order valence-corrected chi connectivity index (χ3v) is 8.69. The van der Waals surface area contributed by atoms with E-state index in [0.29, 0.717) is 0 Å². The predicted octanol–water partition coefficient (Wildman–Crippen LogP) is 10.6. The van der Waals surface area contributed by atoms with Gasteiger partial charge in [0.1, 0.15) is 0 Å². The molecule has 204 valence electrons. The van der Waals surface area contributed by atoms with Crippen LogP contribution >= 0.6 is 0 Å². The largest absolute Gasteiger partial charge is 0.254 e. The summed E-state index contributed by atoms with van der Waals surface area (Å²) in [6.45, 7) is 0. The third-order valence-electron chi connectivity index (χ3n) is 8.69. The van der Waals surface area contributed by atoms with Gasteiger partial charge in [-0.25, -0.2) is 9.97 Å².